The summed E-state index contributed by atoms with van der Waals surface area (Å²) in [4.78, 5) is 0. The van der Waals surface area contributed by atoms with E-state index < -0.39 is 8.32 Å². The first-order valence-corrected chi connectivity index (χ1v) is 11.3. The van der Waals surface area contributed by atoms with Crippen LogP contribution < -0.4 is 10.4 Å². The molecular formula is C21H30O2SSi. The summed E-state index contributed by atoms with van der Waals surface area (Å²) in [5.41, 5.74) is -0.207. The van der Waals surface area contributed by atoms with Crippen LogP contribution in [0, 0.1) is 0 Å². The Morgan fingerprint density at radius 3 is 1.72 bits per heavy atom. The fraction of sp³-hybridized carbons (Fsp3) is 0.429. The van der Waals surface area contributed by atoms with Crippen LogP contribution in [0.2, 0.25) is 5.04 Å². The highest BCUT2D eigenvalue weighted by atomic mass is 32.1. The first-order chi connectivity index (χ1) is 11.8. The van der Waals surface area contributed by atoms with Gasteiger partial charge >= 0.3 is 0 Å². The molecule has 2 nitrogen and oxygen atoms in total. The van der Waals surface area contributed by atoms with E-state index in [9.17, 15) is 5.11 Å². The summed E-state index contributed by atoms with van der Waals surface area (Å²) in [5.74, 6) is 0. The Hall–Kier alpha value is -1.07. The molecule has 2 unspecified atom stereocenters. The van der Waals surface area contributed by atoms with Gasteiger partial charge in [-0.1, -0.05) is 81.4 Å². The Morgan fingerprint density at radius 2 is 1.36 bits per heavy atom. The largest absolute Gasteiger partial charge is 0.396 e. The molecule has 2 aromatic carbocycles. The number of benzene rings is 2. The van der Waals surface area contributed by atoms with Gasteiger partial charge in [-0.2, -0.15) is 0 Å². The quantitative estimate of drug-likeness (QED) is 0.436. The van der Waals surface area contributed by atoms with Gasteiger partial charge in [-0.05, 0) is 35.2 Å². The number of hydrogen-bond acceptors (Lipinski definition) is 3. The normalized spacial score (nSPS) is 15.0. The molecule has 4 heteroatoms. The van der Waals surface area contributed by atoms with Crippen LogP contribution >= 0.6 is 12.6 Å². The van der Waals surface area contributed by atoms with Gasteiger partial charge in [0.15, 0.2) is 0 Å². The average molecular weight is 375 g/mol. The van der Waals surface area contributed by atoms with Crippen LogP contribution in [-0.4, -0.2) is 25.0 Å². The van der Waals surface area contributed by atoms with Crippen LogP contribution in [0.15, 0.2) is 60.7 Å². The third kappa shape index (κ3) is 4.76. The predicted octanol–water partition coefficient (Wildman–Crippen LogP) is 3.98. The van der Waals surface area contributed by atoms with Gasteiger partial charge in [-0.15, -0.1) is 12.6 Å². The standard InChI is InChI=1S/C21H30O2SSi/c1-17(22)15-16-20(24)23-25(21(2,3)4,18-11-7-5-8-12-18)19-13-9-6-10-14-19/h5-14,17,20,22,24H,15-16H2,1-4H3. The molecule has 2 atom stereocenters. The molecule has 0 amide bonds. The van der Waals surface area contributed by atoms with E-state index in [0.717, 1.165) is 6.42 Å². The second-order valence-corrected chi connectivity index (χ2v) is 12.5. The molecule has 0 saturated carbocycles. The van der Waals surface area contributed by atoms with E-state index >= 15 is 0 Å². The fourth-order valence-corrected chi connectivity index (χ4v) is 8.50. The Labute approximate surface area is 158 Å². The average Bonchev–Trinajstić information content (AvgIpc) is 2.58. The molecule has 0 saturated heterocycles. The van der Waals surface area contributed by atoms with E-state index in [0.29, 0.717) is 6.42 Å². The van der Waals surface area contributed by atoms with Gasteiger partial charge in [-0.25, -0.2) is 0 Å². The predicted molar refractivity (Wildman–Crippen MR) is 112 cm³/mol. The lowest BCUT2D eigenvalue weighted by molar-refractivity contribution is 0.162. The van der Waals surface area contributed by atoms with Gasteiger partial charge in [0.25, 0.3) is 8.32 Å². The van der Waals surface area contributed by atoms with Gasteiger partial charge in [0.2, 0.25) is 0 Å². The molecule has 0 heterocycles. The fourth-order valence-electron chi connectivity index (χ4n) is 3.34. The molecule has 0 radical (unpaired) electrons. The third-order valence-corrected chi connectivity index (χ3v) is 10.2. The van der Waals surface area contributed by atoms with Crippen molar-refractivity contribution in [2.75, 3.05) is 0 Å². The molecule has 1 N–H and O–H groups in total. The first-order valence-electron chi connectivity index (χ1n) is 8.92. The zero-order valence-corrected chi connectivity index (χ0v) is 17.5. The topological polar surface area (TPSA) is 29.5 Å². The molecule has 0 aliphatic rings. The lowest BCUT2D eigenvalue weighted by Gasteiger charge is -2.44. The molecule has 0 aromatic heterocycles. The van der Waals surface area contributed by atoms with Crippen molar-refractivity contribution in [2.45, 2.75) is 57.1 Å². The maximum atomic E-state index is 9.62. The Morgan fingerprint density at radius 1 is 0.920 bits per heavy atom. The molecule has 136 valence electrons. The first kappa shape index (κ1) is 20.2. The summed E-state index contributed by atoms with van der Waals surface area (Å²) >= 11 is 4.73. The van der Waals surface area contributed by atoms with Gasteiger partial charge in [0, 0.05) is 0 Å². The van der Waals surface area contributed by atoms with Crippen LogP contribution in [0.1, 0.15) is 40.5 Å². The van der Waals surface area contributed by atoms with Crippen molar-refractivity contribution in [2.24, 2.45) is 0 Å². The molecule has 25 heavy (non-hydrogen) atoms. The molecule has 0 bridgehead atoms. The Balaban J connectivity index is 2.53. The summed E-state index contributed by atoms with van der Waals surface area (Å²) in [6.45, 7) is 8.58. The smallest absolute Gasteiger partial charge is 0.262 e. The van der Waals surface area contributed by atoms with Crippen LogP contribution in [0.5, 0.6) is 0 Å². The summed E-state index contributed by atoms with van der Waals surface area (Å²) < 4.78 is 6.82. The Bertz CT molecular complexity index is 598. The zero-order valence-electron chi connectivity index (χ0n) is 15.6. The molecule has 0 aliphatic heterocycles. The van der Waals surface area contributed by atoms with E-state index in [1.165, 1.54) is 10.4 Å². The van der Waals surface area contributed by atoms with Crippen molar-refractivity contribution in [1.29, 1.82) is 0 Å². The molecule has 2 aromatic rings. The molecular weight excluding hydrogens is 344 g/mol. The minimum Gasteiger partial charge on any atom is -0.396 e. The number of aliphatic hydroxyl groups is 1. The second kappa shape index (κ2) is 8.54. The van der Waals surface area contributed by atoms with Crippen molar-refractivity contribution in [1.82, 2.24) is 0 Å². The van der Waals surface area contributed by atoms with Crippen molar-refractivity contribution in [3.8, 4) is 0 Å². The van der Waals surface area contributed by atoms with Crippen molar-refractivity contribution in [3.05, 3.63) is 60.7 Å². The number of rotatable bonds is 7. The maximum absolute atomic E-state index is 9.62. The summed E-state index contributed by atoms with van der Waals surface area (Å²) in [5, 5.41) is 12.1. The van der Waals surface area contributed by atoms with Gasteiger partial charge in [-0.3, -0.25) is 0 Å². The molecule has 0 aliphatic carbocycles. The van der Waals surface area contributed by atoms with Gasteiger partial charge in [0.1, 0.15) is 0 Å². The summed E-state index contributed by atoms with van der Waals surface area (Å²) in [6, 6.07) is 21.1. The number of thiol groups is 1. The van der Waals surface area contributed by atoms with Crippen LogP contribution in [0.4, 0.5) is 0 Å². The van der Waals surface area contributed by atoms with Crippen molar-refractivity contribution in [3.63, 3.8) is 0 Å². The van der Waals surface area contributed by atoms with Crippen molar-refractivity contribution < 1.29 is 9.53 Å². The maximum Gasteiger partial charge on any atom is 0.262 e. The SMILES string of the molecule is CC(O)CCC(S)O[Si](c1ccccc1)(c1ccccc1)C(C)(C)C. The van der Waals surface area contributed by atoms with E-state index in [1.807, 2.05) is 19.1 Å². The van der Waals surface area contributed by atoms with E-state index in [1.54, 1.807) is 0 Å². The molecule has 0 fully saturated rings. The van der Waals surface area contributed by atoms with E-state index in [2.05, 4.69) is 69.3 Å². The summed E-state index contributed by atoms with van der Waals surface area (Å²) in [6.07, 6.45) is 1.08. The lowest BCUT2D eigenvalue weighted by Crippen LogP contribution is -2.67. The second-order valence-electron chi connectivity index (χ2n) is 7.66. The number of hydrogen-bond donors (Lipinski definition) is 2. The monoisotopic (exact) mass is 374 g/mol. The van der Waals surface area contributed by atoms with E-state index in [-0.39, 0.29) is 16.6 Å². The van der Waals surface area contributed by atoms with E-state index in [4.69, 9.17) is 17.1 Å². The van der Waals surface area contributed by atoms with Crippen LogP contribution in [0.25, 0.3) is 0 Å². The highest BCUT2D eigenvalue weighted by molar-refractivity contribution is 7.80. The lowest BCUT2D eigenvalue weighted by atomic mass is 10.2. The molecule has 2 rings (SSSR count). The highest BCUT2D eigenvalue weighted by Crippen LogP contribution is 2.38. The highest BCUT2D eigenvalue weighted by Gasteiger charge is 2.51. The van der Waals surface area contributed by atoms with Crippen LogP contribution in [-0.2, 0) is 4.43 Å². The zero-order chi connectivity index (χ0) is 18.5. The van der Waals surface area contributed by atoms with Gasteiger partial charge in [0.05, 0.1) is 11.5 Å². The minimum atomic E-state index is -2.54. The summed E-state index contributed by atoms with van der Waals surface area (Å²) in [7, 11) is -2.54. The Kier molecular flexibility index (Phi) is 6.91. The van der Waals surface area contributed by atoms with Crippen molar-refractivity contribution >= 4 is 31.3 Å². The minimum absolute atomic E-state index is 0.0541. The third-order valence-electron chi connectivity index (χ3n) is 4.56. The number of aliphatic hydroxyl groups excluding tert-OH is 1. The van der Waals surface area contributed by atoms with Gasteiger partial charge < -0.3 is 9.53 Å². The van der Waals surface area contributed by atoms with Crippen LogP contribution in [0.3, 0.4) is 0 Å². The molecule has 0 spiro atoms.